The van der Waals surface area contributed by atoms with Gasteiger partial charge >= 0.3 is 0 Å². The zero-order valence-corrected chi connectivity index (χ0v) is 30.9. The highest BCUT2D eigenvalue weighted by Crippen LogP contribution is 2.70. The number of aromatic nitrogens is 3. The van der Waals surface area contributed by atoms with Crippen molar-refractivity contribution < 1.29 is 0 Å². The van der Waals surface area contributed by atoms with E-state index in [9.17, 15) is 0 Å². The SMILES string of the molecule is Clc1nc(C2c3ccccc3C3(c4ccccc42)C2CC4CC(C2)CC3C4)nc(N2c3ccccc3C3(c4ccccc42)C2CC4CC(C2)CC3C4)n1. The van der Waals surface area contributed by atoms with E-state index in [1.165, 1.54) is 109 Å². The molecule has 8 saturated carbocycles. The Labute approximate surface area is 317 Å². The summed E-state index contributed by atoms with van der Waals surface area (Å²) < 4.78 is 0. The zero-order valence-electron chi connectivity index (χ0n) is 30.2. The highest BCUT2D eigenvalue weighted by Gasteiger charge is 2.63. The summed E-state index contributed by atoms with van der Waals surface area (Å²) in [6.45, 7) is 0. The second kappa shape index (κ2) is 10.6. The zero-order chi connectivity index (χ0) is 34.6. The van der Waals surface area contributed by atoms with Crippen LogP contribution in [0.1, 0.15) is 109 Å². The van der Waals surface area contributed by atoms with Gasteiger partial charge < -0.3 is 0 Å². The van der Waals surface area contributed by atoms with Gasteiger partial charge in [-0.3, -0.25) is 4.90 Å². The minimum absolute atomic E-state index is 0.0327. The largest absolute Gasteiger partial charge is 0.278 e. The van der Waals surface area contributed by atoms with Gasteiger partial charge in [0, 0.05) is 10.8 Å². The lowest BCUT2D eigenvalue weighted by Gasteiger charge is -2.64. The number of hydrogen-bond donors (Lipinski definition) is 0. The van der Waals surface area contributed by atoms with Crippen LogP contribution in [0, 0.1) is 47.3 Å². The Morgan fingerprint density at radius 1 is 0.453 bits per heavy atom. The monoisotopic (exact) mass is 712 g/mol. The van der Waals surface area contributed by atoms with Gasteiger partial charge in [0.05, 0.1) is 17.3 Å². The van der Waals surface area contributed by atoms with Crippen LogP contribution in [0.4, 0.5) is 17.3 Å². The van der Waals surface area contributed by atoms with Gasteiger partial charge in [-0.05, 0) is 169 Å². The molecule has 8 bridgehead atoms. The van der Waals surface area contributed by atoms with Crippen LogP contribution in [-0.4, -0.2) is 15.0 Å². The number of benzene rings is 4. The van der Waals surface area contributed by atoms with Crippen molar-refractivity contribution in [3.05, 3.63) is 142 Å². The average Bonchev–Trinajstić information content (AvgIpc) is 3.17. The minimum atomic E-state index is -0.115. The Morgan fingerprint density at radius 3 is 1.32 bits per heavy atom. The first-order valence-corrected chi connectivity index (χ1v) is 21.1. The van der Waals surface area contributed by atoms with E-state index in [0.717, 1.165) is 29.5 Å². The van der Waals surface area contributed by atoms with Crippen molar-refractivity contribution in [1.82, 2.24) is 15.0 Å². The molecule has 2 spiro atoms. The van der Waals surface area contributed by atoms with Gasteiger partial charge in [0.25, 0.3) is 0 Å². The van der Waals surface area contributed by atoms with E-state index in [1.807, 2.05) is 0 Å². The first-order valence-electron chi connectivity index (χ1n) is 20.7. The average molecular weight is 713 g/mol. The molecule has 0 N–H and O–H groups in total. The molecule has 53 heavy (non-hydrogen) atoms. The van der Waals surface area contributed by atoms with Crippen molar-refractivity contribution in [3.63, 3.8) is 0 Å². The van der Waals surface area contributed by atoms with E-state index in [4.69, 9.17) is 26.6 Å². The van der Waals surface area contributed by atoms with Crippen molar-refractivity contribution in [2.45, 2.75) is 81.0 Å². The molecule has 2 heterocycles. The molecule has 4 aromatic carbocycles. The standard InChI is InChI=1S/C48H45ClN4/c49-45-50-44(43-35-9-1-3-11-37(35)47(38-12-4-2-10-36(38)43)31-19-27-17-28(21-31)22-32(47)20-27)51-46(52-45)53-41-15-7-5-13-39(41)48(40-14-6-8-16-42(40)53)33-23-29-18-30(25-33)26-34(48)24-29/h1-16,27-34,43H,17-26H2. The summed E-state index contributed by atoms with van der Waals surface area (Å²) in [6, 6.07) is 37.1. The quantitative estimate of drug-likeness (QED) is 0.183. The van der Waals surface area contributed by atoms with E-state index in [2.05, 4.69) is 102 Å². The summed E-state index contributed by atoms with van der Waals surface area (Å²) in [5.74, 6) is 7.59. The normalized spacial score (nSPS) is 35.6. The van der Waals surface area contributed by atoms with Gasteiger partial charge in [-0.15, -0.1) is 0 Å². The fourth-order valence-corrected chi connectivity index (χ4v) is 15.7. The maximum atomic E-state index is 7.09. The lowest BCUT2D eigenvalue weighted by Crippen LogP contribution is -2.58. The topological polar surface area (TPSA) is 41.9 Å². The number of hydrogen-bond acceptors (Lipinski definition) is 4. The number of fused-ring (bicyclic) bond motifs is 4. The smallest absolute Gasteiger partial charge is 0.239 e. The third-order valence-corrected chi connectivity index (χ3v) is 16.7. The molecular weight excluding hydrogens is 668 g/mol. The molecule has 4 nitrogen and oxygen atoms in total. The van der Waals surface area contributed by atoms with Crippen molar-refractivity contribution in [3.8, 4) is 0 Å². The summed E-state index contributed by atoms with van der Waals surface area (Å²) in [7, 11) is 0. The maximum absolute atomic E-state index is 7.09. The van der Waals surface area contributed by atoms with Crippen molar-refractivity contribution in [1.29, 1.82) is 0 Å². The van der Waals surface area contributed by atoms with E-state index >= 15 is 0 Å². The third-order valence-electron chi connectivity index (χ3n) is 16.5. The number of nitrogens with zero attached hydrogens (tertiary/aromatic N) is 4. The summed E-state index contributed by atoms with van der Waals surface area (Å²) in [4.78, 5) is 17.9. The number of anilines is 3. The highest BCUT2D eigenvalue weighted by atomic mass is 35.5. The van der Waals surface area contributed by atoms with Gasteiger partial charge in [0.2, 0.25) is 11.2 Å². The summed E-state index contributed by atoms with van der Waals surface area (Å²) in [6.07, 6.45) is 13.7. The Morgan fingerprint density at radius 2 is 0.849 bits per heavy atom. The lowest BCUT2D eigenvalue weighted by atomic mass is 9.40. The van der Waals surface area contributed by atoms with Crippen LogP contribution in [0.3, 0.4) is 0 Å². The molecule has 1 aromatic heterocycles. The van der Waals surface area contributed by atoms with Crippen LogP contribution in [0.15, 0.2) is 97.1 Å². The van der Waals surface area contributed by atoms with Gasteiger partial charge in [-0.2, -0.15) is 9.97 Å². The Bertz CT molecular complexity index is 2030. The maximum Gasteiger partial charge on any atom is 0.239 e. The highest BCUT2D eigenvalue weighted by molar-refractivity contribution is 6.28. The van der Waals surface area contributed by atoms with Crippen molar-refractivity contribution in [2.24, 2.45) is 47.3 Å². The lowest BCUT2D eigenvalue weighted by molar-refractivity contribution is -0.0436. The molecule has 9 aliphatic carbocycles. The van der Waals surface area contributed by atoms with E-state index in [1.54, 1.807) is 0 Å². The molecular formula is C48H45ClN4. The van der Waals surface area contributed by atoms with E-state index in [0.29, 0.717) is 29.6 Å². The fourth-order valence-electron chi connectivity index (χ4n) is 15.6. The molecule has 1 aliphatic heterocycles. The third kappa shape index (κ3) is 3.77. The number of halogens is 1. The molecule has 5 aromatic rings. The Hall–Kier alpha value is -4.02. The predicted octanol–water partition coefficient (Wildman–Crippen LogP) is 11.3. The second-order valence-electron chi connectivity index (χ2n) is 18.6. The van der Waals surface area contributed by atoms with Crippen LogP contribution in [0.5, 0.6) is 0 Å². The van der Waals surface area contributed by atoms with Gasteiger partial charge in [0.15, 0.2) is 0 Å². The first-order chi connectivity index (χ1) is 26.1. The molecule has 0 atom stereocenters. The van der Waals surface area contributed by atoms with Crippen LogP contribution in [-0.2, 0) is 10.8 Å². The summed E-state index contributed by atoms with van der Waals surface area (Å²) >= 11 is 7.09. The van der Waals surface area contributed by atoms with E-state index < -0.39 is 0 Å². The second-order valence-corrected chi connectivity index (χ2v) is 18.9. The molecule has 15 rings (SSSR count). The van der Waals surface area contributed by atoms with Crippen LogP contribution >= 0.6 is 11.6 Å². The molecule has 10 aliphatic rings. The molecule has 8 fully saturated rings. The van der Waals surface area contributed by atoms with Crippen LogP contribution < -0.4 is 4.90 Å². The van der Waals surface area contributed by atoms with Crippen LogP contribution in [0.2, 0.25) is 5.28 Å². The predicted molar refractivity (Wildman–Crippen MR) is 209 cm³/mol. The van der Waals surface area contributed by atoms with E-state index in [-0.39, 0.29) is 22.0 Å². The van der Waals surface area contributed by atoms with Gasteiger partial charge in [-0.25, -0.2) is 4.98 Å². The Kier molecular flexibility index (Phi) is 6.06. The summed E-state index contributed by atoms with van der Waals surface area (Å²) in [5.41, 5.74) is 11.2. The molecule has 264 valence electrons. The number of rotatable bonds is 2. The van der Waals surface area contributed by atoms with Crippen molar-refractivity contribution in [2.75, 3.05) is 4.90 Å². The van der Waals surface area contributed by atoms with Gasteiger partial charge in [-0.1, -0.05) is 84.9 Å². The fraction of sp³-hybridized carbons (Fsp3) is 0.438. The Balaban J connectivity index is 1.00. The molecule has 0 amide bonds. The summed E-state index contributed by atoms with van der Waals surface area (Å²) in [5, 5.41) is 0.264. The van der Waals surface area contributed by atoms with Crippen LogP contribution in [0.25, 0.3) is 0 Å². The first kappa shape index (κ1) is 30.3. The molecule has 0 radical (unpaired) electrons. The molecule has 0 unspecified atom stereocenters. The minimum Gasteiger partial charge on any atom is -0.278 e. The van der Waals surface area contributed by atoms with Crippen molar-refractivity contribution >= 4 is 28.9 Å². The van der Waals surface area contributed by atoms with Gasteiger partial charge in [0.1, 0.15) is 5.82 Å². The number of para-hydroxylation sites is 2. The molecule has 0 saturated heterocycles. The molecule has 5 heteroatoms.